The molecule has 4 aliphatic rings. The third-order valence-corrected chi connectivity index (χ3v) is 9.03. The summed E-state index contributed by atoms with van der Waals surface area (Å²) in [5.41, 5.74) is 1.02. The molecule has 2 aromatic rings. The van der Waals surface area contributed by atoms with Crippen molar-refractivity contribution in [3.8, 4) is 5.75 Å². The molecular weight excluding hydrogens is 582 g/mol. The predicted octanol–water partition coefficient (Wildman–Crippen LogP) is -1.13. The van der Waals surface area contributed by atoms with E-state index in [-0.39, 0.29) is 57.1 Å². The van der Waals surface area contributed by atoms with Gasteiger partial charge in [-0.05, 0) is 24.1 Å². The molecule has 0 spiro atoms. The maximum atomic E-state index is 14.1. The quantitative estimate of drug-likeness (QED) is 0.324. The number of piperazine rings is 1. The Balaban J connectivity index is 1.25. The first-order chi connectivity index (χ1) is 21.8. The Morgan fingerprint density at radius 3 is 2.38 bits per heavy atom. The summed E-state index contributed by atoms with van der Waals surface area (Å²) in [6.07, 6.45) is -4.39. The van der Waals surface area contributed by atoms with Gasteiger partial charge in [0.05, 0.1) is 25.1 Å². The zero-order valence-corrected chi connectivity index (χ0v) is 24.9. The lowest BCUT2D eigenvalue weighted by atomic mass is 10.0. The maximum absolute atomic E-state index is 14.1. The number of carbonyl (C=O) groups is 4. The fourth-order valence-electron chi connectivity index (χ4n) is 6.67. The highest BCUT2D eigenvalue weighted by atomic mass is 16.5. The third kappa shape index (κ3) is 6.96. The van der Waals surface area contributed by atoms with Crippen LogP contribution >= 0.6 is 0 Å². The van der Waals surface area contributed by atoms with Crippen molar-refractivity contribution in [1.29, 1.82) is 0 Å². The number of para-hydroxylation sites is 1. The third-order valence-electron chi connectivity index (χ3n) is 9.03. The molecule has 13 heteroatoms. The normalized spacial score (nSPS) is 31.0. The molecule has 45 heavy (non-hydrogen) atoms. The molecule has 2 aromatic carbocycles. The van der Waals surface area contributed by atoms with Crippen LogP contribution < -0.4 is 15.4 Å². The van der Waals surface area contributed by atoms with Crippen molar-refractivity contribution in [3.05, 3.63) is 66.2 Å². The van der Waals surface area contributed by atoms with E-state index in [1.807, 2.05) is 41.3 Å². The summed E-state index contributed by atoms with van der Waals surface area (Å²) in [4.78, 5) is 59.2. The molecule has 0 aliphatic carbocycles. The van der Waals surface area contributed by atoms with Gasteiger partial charge in [-0.25, -0.2) is 0 Å². The van der Waals surface area contributed by atoms with Gasteiger partial charge in [0.25, 0.3) is 5.91 Å². The zero-order valence-electron chi connectivity index (χ0n) is 24.9. The van der Waals surface area contributed by atoms with Crippen molar-refractivity contribution in [2.45, 2.75) is 61.9 Å². The highest BCUT2D eigenvalue weighted by Crippen LogP contribution is 2.27. The largest absolute Gasteiger partial charge is 0.484 e. The molecule has 6 rings (SSSR count). The molecule has 4 heterocycles. The van der Waals surface area contributed by atoms with Gasteiger partial charge in [-0.3, -0.25) is 24.1 Å². The second-order valence-electron chi connectivity index (χ2n) is 12.1. The second kappa shape index (κ2) is 13.5. The minimum atomic E-state index is -1.32. The van der Waals surface area contributed by atoms with Gasteiger partial charge in [0.1, 0.15) is 30.1 Å². The van der Waals surface area contributed by atoms with Gasteiger partial charge in [-0.15, -0.1) is 0 Å². The van der Waals surface area contributed by atoms with Crippen LogP contribution in [0.1, 0.15) is 18.4 Å². The van der Waals surface area contributed by atoms with E-state index < -0.39 is 48.3 Å². The van der Waals surface area contributed by atoms with E-state index in [9.17, 15) is 29.4 Å². The van der Waals surface area contributed by atoms with Crippen LogP contribution in [-0.4, -0.2) is 130 Å². The summed E-state index contributed by atoms with van der Waals surface area (Å²) in [5.74, 6) is -0.934. The molecule has 240 valence electrons. The van der Waals surface area contributed by atoms with Gasteiger partial charge < -0.3 is 40.1 Å². The van der Waals surface area contributed by atoms with Crippen molar-refractivity contribution < 1.29 is 38.9 Å². The predicted molar refractivity (Wildman–Crippen MR) is 160 cm³/mol. The lowest BCUT2D eigenvalue weighted by Crippen LogP contribution is -2.64. The van der Waals surface area contributed by atoms with Crippen molar-refractivity contribution >= 4 is 23.6 Å². The first-order valence-corrected chi connectivity index (χ1v) is 15.4. The smallest absolute Gasteiger partial charge is 0.261 e. The van der Waals surface area contributed by atoms with Gasteiger partial charge >= 0.3 is 0 Å². The molecule has 0 aromatic heterocycles. The Hall–Kier alpha value is -4.04. The number of rotatable bonds is 5. The molecule has 7 atom stereocenters. The van der Waals surface area contributed by atoms with E-state index in [2.05, 4.69) is 10.6 Å². The molecule has 4 N–H and O–H groups in total. The summed E-state index contributed by atoms with van der Waals surface area (Å²) in [7, 11) is 0. The number of hydrogen-bond donors (Lipinski definition) is 4. The van der Waals surface area contributed by atoms with Crippen molar-refractivity contribution in [3.63, 3.8) is 0 Å². The number of hydrogen-bond acceptors (Lipinski definition) is 9. The van der Waals surface area contributed by atoms with Crippen LogP contribution in [-0.2, 0) is 30.5 Å². The lowest BCUT2D eigenvalue weighted by Gasteiger charge is -2.42. The minimum Gasteiger partial charge on any atom is -0.484 e. The average molecular weight is 622 g/mol. The molecule has 13 nitrogen and oxygen atoms in total. The number of amides is 4. The first-order valence-electron chi connectivity index (χ1n) is 15.4. The molecule has 0 radical (unpaired) electrons. The van der Waals surface area contributed by atoms with Gasteiger partial charge in [0.2, 0.25) is 17.7 Å². The van der Waals surface area contributed by atoms with Crippen LogP contribution in [0.15, 0.2) is 60.7 Å². The van der Waals surface area contributed by atoms with E-state index in [1.165, 1.54) is 4.90 Å². The van der Waals surface area contributed by atoms with E-state index >= 15 is 0 Å². The molecule has 6 bridgehead atoms. The Labute approximate surface area is 261 Å². The van der Waals surface area contributed by atoms with Crippen LogP contribution in [0, 0.1) is 0 Å². The maximum Gasteiger partial charge on any atom is 0.261 e. The molecule has 0 unspecified atom stereocenters. The minimum absolute atomic E-state index is 0.0340. The molecular formula is C32H39N5O8. The molecule has 4 fully saturated rings. The summed E-state index contributed by atoms with van der Waals surface area (Å²) >= 11 is 0. The second-order valence-corrected chi connectivity index (χ2v) is 12.1. The van der Waals surface area contributed by atoms with Crippen LogP contribution in [0.2, 0.25) is 0 Å². The Morgan fingerprint density at radius 1 is 0.911 bits per heavy atom. The van der Waals surface area contributed by atoms with Crippen LogP contribution in [0.5, 0.6) is 5.75 Å². The number of aliphatic hydroxyl groups excluding tert-OH is 2. The number of benzene rings is 2. The van der Waals surface area contributed by atoms with Crippen LogP contribution in [0.3, 0.4) is 0 Å². The van der Waals surface area contributed by atoms with Crippen LogP contribution in [0.25, 0.3) is 0 Å². The summed E-state index contributed by atoms with van der Waals surface area (Å²) < 4.78 is 11.5. The molecule has 4 saturated heterocycles. The number of likely N-dealkylation sites (tertiary alicyclic amines) is 1. The van der Waals surface area contributed by atoms with Crippen LogP contribution in [0.4, 0.5) is 0 Å². The van der Waals surface area contributed by atoms with Gasteiger partial charge in [0.15, 0.2) is 6.61 Å². The molecule has 4 amide bonds. The van der Waals surface area contributed by atoms with E-state index in [0.29, 0.717) is 25.3 Å². The van der Waals surface area contributed by atoms with Gasteiger partial charge in [-0.1, -0.05) is 48.5 Å². The number of nitrogens with zero attached hydrogens (tertiary/aromatic N) is 3. The van der Waals surface area contributed by atoms with Crippen molar-refractivity contribution in [1.82, 2.24) is 25.3 Å². The highest BCUT2D eigenvalue weighted by Gasteiger charge is 2.46. The zero-order chi connectivity index (χ0) is 31.5. The Bertz CT molecular complexity index is 1380. The number of carbonyl (C=O) groups excluding carboxylic acids is 4. The van der Waals surface area contributed by atoms with Gasteiger partial charge in [0, 0.05) is 38.8 Å². The monoisotopic (exact) mass is 621 g/mol. The van der Waals surface area contributed by atoms with Gasteiger partial charge in [-0.2, -0.15) is 0 Å². The van der Waals surface area contributed by atoms with E-state index in [0.717, 1.165) is 5.56 Å². The topological polar surface area (TPSA) is 161 Å². The summed E-state index contributed by atoms with van der Waals surface area (Å²) in [6.45, 7) is 0.790. The fraction of sp³-hybridized carbons (Fsp3) is 0.500. The Morgan fingerprint density at radius 2 is 1.62 bits per heavy atom. The standard InChI is InChI=1S/C32H39N5O8/c38-27-14-25-29(40)30(41)26(45-25)15-33-31(42)24-18-35(11-12-37(24)28(39)19-44-22-9-5-2-6-10-22)32(43)23-13-21(34-27)17-36(23)16-20-7-3-1-4-8-20/h1-10,21,23-26,29-30,40-41H,11-19H2,(H,33,42)(H,34,38)/t21-,23-,24-,25-,26+,29-,30+/m0/s1. The van der Waals surface area contributed by atoms with Crippen molar-refractivity contribution in [2.24, 2.45) is 0 Å². The van der Waals surface area contributed by atoms with Crippen molar-refractivity contribution in [2.75, 3.05) is 39.3 Å². The first kappa shape index (κ1) is 31.0. The fourth-order valence-corrected chi connectivity index (χ4v) is 6.67. The number of nitrogens with one attached hydrogen (secondary N) is 2. The van der Waals surface area contributed by atoms with E-state index in [1.54, 1.807) is 29.2 Å². The number of aliphatic hydroxyl groups is 2. The SMILES string of the molecule is O=C1C[C@@H]2O[C@H](CNC(=O)[C@@H]3CN(CCN3C(=O)COc3ccccc3)C(=O)[C@@H]3C[C@@H](CN3Cc3ccccc3)N1)[C@@H](O)[C@H]2O. The van der Waals surface area contributed by atoms with E-state index in [4.69, 9.17) is 9.47 Å². The number of fused-ring (bicyclic) bond motifs is 6. The Kier molecular flexibility index (Phi) is 9.31. The summed E-state index contributed by atoms with van der Waals surface area (Å²) in [6, 6.07) is 16.7. The average Bonchev–Trinajstić information content (AvgIpc) is 3.57. The lowest BCUT2D eigenvalue weighted by molar-refractivity contribution is -0.151. The summed E-state index contributed by atoms with van der Waals surface area (Å²) in [5, 5.41) is 27.0. The molecule has 0 saturated carbocycles. The molecule has 4 aliphatic heterocycles. The highest BCUT2D eigenvalue weighted by molar-refractivity contribution is 5.90. The number of ether oxygens (including phenoxy) is 2.